The van der Waals surface area contributed by atoms with Crippen molar-refractivity contribution in [1.29, 1.82) is 0 Å². The van der Waals surface area contributed by atoms with Crippen molar-refractivity contribution in [1.82, 2.24) is 5.39 Å². The SMILES string of the molecule is O[C@@H]1COC2C(SS[C@H]3COC4C3OC[C@H]4ON(O)O)COC21. The molecule has 4 aliphatic rings. The maximum Gasteiger partial charge on any atom is 0.136 e. The monoisotopic (exact) mass is 369 g/mol. The Bertz CT molecular complexity index is 432. The van der Waals surface area contributed by atoms with E-state index in [1.807, 2.05) is 0 Å². The predicted molar refractivity (Wildman–Crippen MR) is 78.0 cm³/mol. The molecule has 0 saturated carbocycles. The molecular formula is C12H19NO8S2. The van der Waals surface area contributed by atoms with Crippen LogP contribution in [0.5, 0.6) is 0 Å². The Kier molecular flexibility index (Phi) is 5.05. The van der Waals surface area contributed by atoms with E-state index in [-0.39, 0.29) is 46.9 Å². The molecule has 0 radical (unpaired) electrons. The molecule has 23 heavy (non-hydrogen) atoms. The van der Waals surface area contributed by atoms with E-state index in [1.54, 1.807) is 21.6 Å². The number of aliphatic hydroxyl groups excluding tert-OH is 1. The highest BCUT2D eigenvalue weighted by atomic mass is 33.1. The van der Waals surface area contributed by atoms with Crippen molar-refractivity contribution in [3.8, 4) is 0 Å². The zero-order valence-corrected chi connectivity index (χ0v) is 13.7. The largest absolute Gasteiger partial charge is 0.388 e. The molecule has 4 saturated heterocycles. The van der Waals surface area contributed by atoms with Gasteiger partial charge < -0.3 is 24.1 Å². The van der Waals surface area contributed by atoms with E-state index >= 15 is 0 Å². The Hall–Kier alpha value is 0.340. The fourth-order valence-electron chi connectivity index (χ4n) is 3.39. The molecule has 3 N–H and O–H groups in total. The predicted octanol–water partition coefficient (Wildman–Crippen LogP) is -0.558. The molecule has 9 nitrogen and oxygen atoms in total. The van der Waals surface area contributed by atoms with Crippen LogP contribution in [0.1, 0.15) is 0 Å². The van der Waals surface area contributed by atoms with Gasteiger partial charge in [0.05, 0.1) is 42.3 Å². The summed E-state index contributed by atoms with van der Waals surface area (Å²) in [6.07, 6.45) is -1.82. The first-order valence-corrected chi connectivity index (χ1v) is 9.72. The van der Waals surface area contributed by atoms with Crippen LogP contribution in [0.4, 0.5) is 0 Å². The molecule has 4 aliphatic heterocycles. The summed E-state index contributed by atoms with van der Waals surface area (Å²) < 4.78 is 22.6. The highest BCUT2D eigenvalue weighted by Gasteiger charge is 2.51. The van der Waals surface area contributed by atoms with Crippen LogP contribution in [0.25, 0.3) is 0 Å². The van der Waals surface area contributed by atoms with Gasteiger partial charge in [0.2, 0.25) is 0 Å². The molecule has 5 unspecified atom stereocenters. The topological polar surface area (TPSA) is 110 Å². The summed E-state index contributed by atoms with van der Waals surface area (Å²) in [5, 5.41) is 27.2. The van der Waals surface area contributed by atoms with Crippen molar-refractivity contribution in [2.24, 2.45) is 0 Å². The normalized spacial score (nSPS) is 49.0. The molecule has 8 atom stereocenters. The third-order valence-corrected chi connectivity index (χ3v) is 7.71. The summed E-state index contributed by atoms with van der Waals surface area (Å²) in [6, 6.07) is 0. The highest BCUT2D eigenvalue weighted by Crippen LogP contribution is 2.45. The molecule has 4 fully saturated rings. The van der Waals surface area contributed by atoms with Crippen LogP contribution in [0.15, 0.2) is 0 Å². The Morgan fingerprint density at radius 3 is 2.04 bits per heavy atom. The Morgan fingerprint density at radius 1 is 0.783 bits per heavy atom. The van der Waals surface area contributed by atoms with Gasteiger partial charge in [0.25, 0.3) is 0 Å². The van der Waals surface area contributed by atoms with E-state index in [4.69, 9.17) is 34.2 Å². The third-order valence-electron chi connectivity index (χ3n) is 4.48. The second-order valence-electron chi connectivity index (χ2n) is 5.93. The number of hydrogen-bond donors (Lipinski definition) is 3. The first-order chi connectivity index (χ1) is 11.1. The van der Waals surface area contributed by atoms with Gasteiger partial charge in [-0.25, -0.2) is 4.84 Å². The van der Waals surface area contributed by atoms with Gasteiger partial charge in [0.1, 0.15) is 36.6 Å². The molecule has 0 spiro atoms. The fourth-order valence-corrected chi connectivity index (χ4v) is 6.48. The Labute approximate surface area is 140 Å². The second kappa shape index (κ2) is 6.92. The minimum atomic E-state index is -0.536. The second-order valence-corrected chi connectivity index (χ2v) is 8.68. The zero-order valence-electron chi connectivity index (χ0n) is 12.1. The zero-order chi connectivity index (χ0) is 16.0. The molecule has 0 aromatic rings. The van der Waals surface area contributed by atoms with E-state index < -0.39 is 12.2 Å². The molecule has 0 aliphatic carbocycles. The number of ether oxygens (including phenoxy) is 4. The van der Waals surface area contributed by atoms with Crippen LogP contribution in [0.2, 0.25) is 0 Å². The highest BCUT2D eigenvalue weighted by molar-refractivity contribution is 8.77. The summed E-state index contributed by atoms with van der Waals surface area (Å²) in [7, 11) is 3.33. The van der Waals surface area contributed by atoms with E-state index in [0.29, 0.717) is 19.8 Å². The van der Waals surface area contributed by atoms with Gasteiger partial charge >= 0.3 is 0 Å². The molecule has 0 aromatic heterocycles. The van der Waals surface area contributed by atoms with Crippen LogP contribution in [0, 0.1) is 0 Å². The van der Waals surface area contributed by atoms with Crippen LogP contribution in [0.3, 0.4) is 0 Å². The van der Waals surface area contributed by atoms with Crippen LogP contribution < -0.4 is 0 Å². The summed E-state index contributed by atoms with van der Waals surface area (Å²) in [5.41, 5.74) is 0. The molecule has 0 amide bonds. The van der Waals surface area contributed by atoms with Crippen LogP contribution >= 0.6 is 21.6 Å². The lowest BCUT2D eigenvalue weighted by molar-refractivity contribution is -0.507. The maximum absolute atomic E-state index is 9.76. The van der Waals surface area contributed by atoms with Crippen LogP contribution in [-0.2, 0) is 23.8 Å². The number of nitrogens with zero attached hydrogens (tertiary/aromatic N) is 1. The number of hydrogen-bond acceptors (Lipinski definition) is 11. The maximum atomic E-state index is 9.76. The van der Waals surface area contributed by atoms with E-state index in [0.717, 1.165) is 0 Å². The molecule has 11 heteroatoms. The Morgan fingerprint density at radius 2 is 1.35 bits per heavy atom. The van der Waals surface area contributed by atoms with E-state index in [2.05, 4.69) is 0 Å². The van der Waals surface area contributed by atoms with Crippen LogP contribution in [-0.4, -0.2) is 94.5 Å². The molecule has 4 rings (SSSR count). The summed E-state index contributed by atoms with van der Waals surface area (Å²) in [5.74, 6) is 0. The fraction of sp³-hybridized carbons (Fsp3) is 1.00. The van der Waals surface area contributed by atoms with Crippen molar-refractivity contribution < 1.29 is 39.3 Å². The number of rotatable bonds is 5. The molecule has 0 aromatic carbocycles. The standard InChI is InChI=1S/C12H19NO8S2/c14-5-1-17-11-7(3-19-9(5)11)22-23-8-4-20-10-6(21-13(15)16)2-18-12(8)10/h5-12,14-16H,1-4H2/t5-,6-,7?,8+,9?,10?,11?,12?/m1/s1. The van der Waals surface area contributed by atoms with Gasteiger partial charge in [0.15, 0.2) is 0 Å². The average molecular weight is 369 g/mol. The number of fused-ring (bicyclic) bond motifs is 2. The first-order valence-electron chi connectivity index (χ1n) is 7.45. The van der Waals surface area contributed by atoms with E-state index in [9.17, 15) is 5.11 Å². The smallest absolute Gasteiger partial charge is 0.136 e. The van der Waals surface area contributed by atoms with Crippen molar-refractivity contribution in [2.45, 2.75) is 47.1 Å². The van der Waals surface area contributed by atoms with Gasteiger partial charge in [-0.05, 0) is 0 Å². The van der Waals surface area contributed by atoms with E-state index in [1.165, 1.54) is 0 Å². The van der Waals surface area contributed by atoms with Crippen molar-refractivity contribution in [3.63, 3.8) is 0 Å². The molecule has 4 heterocycles. The molecular weight excluding hydrogens is 350 g/mol. The lowest BCUT2D eigenvalue weighted by Crippen LogP contribution is -2.35. The van der Waals surface area contributed by atoms with Gasteiger partial charge in [-0.2, -0.15) is 0 Å². The van der Waals surface area contributed by atoms with Crippen molar-refractivity contribution in [3.05, 3.63) is 0 Å². The molecule has 0 bridgehead atoms. The lowest BCUT2D eigenvalue weighted by Gasteiger charge is -2.19. The Balaban J connectivity index is 1.28. The van der Waals surface area contributed by atoms with Gasteiger partial charge in [-0.15, -0.1) is 0 Å². The quantitative estimate of drug-likeness (QED) is 0.428. The third kappa shape index (κ3) is 3.25. The van der Waals surface area contributed by atoms with Crippen molar-refractivity contribution >= 4 is 21.6 Å². The average Bonchev–Trinajstić information content (AvgIpc) is 3.22. The lowest BCUT2D eigenvalue weighted by atomic mass is 10.1. The summed E-state index contributed by atoms with van der Waals surface area (Å²) in [4.78, 5) is 4.83. The number of aliphatic hydroxyl groups is 1. The minimum Gasteiger partial charge on any atom is -0.388 e. The van der Waals surface area contributed by atoms with Gasteiger partial charge in [-0.3, -0.25) is 10.4 Å². The van der Waals surface area contributed by atoms with Gasteiger partial charge in [0, 0.05) is 0 Å². The first kappa shape index (κ1) is 16.8. The van der Waals surface area contributed by atoms with Crippen molar-refractivity contribution in [2.75, 3.05) is 26.4 Å². The minimum absolute atomic E-state index is 0.0708. The molecule has 132 valence electrons. The van der Waals surface area contributed by atoms with Gasteiger partial charge in [-0.1, -0.05) is 21.6 Å². The summed E-state index contributed by atoms with van der Waals surface area (Å²) in [6.45, 7) is 1.65. The summed E-state index contributed by atoms with van der Waals surface area (Å²) >= 11 is 0.